The Morgan fingerprint density at radius 2 is 0.787 bits per heavy atom. The quantitative estimate of drug-likeness (QED) is 0.185. The molecule has 0 fully saturated rings. The Morgan fingerprint density at radius 3 is 1.51 bits per heavy atom. The zero-order chi connectivity index (χ0) is 30.9. The summed E-state index contributed by atoms with van der Waals surface area (Å²) in [5.41, 5.74) is 9.22. The van der Waals surface area contributed by atoms with Gasteiger partial charge in [0.15, 0.2) is 0 Å². The van der Waals surface area contributed by atoms with Crippen molar-refractivity contribution in [3.63, 3.8) is 0 Å². The first kappa shape index (κ1) is 26.1. The summed E-state index contributed by atoms with van der Waals surface area (Å²) >= 11 is 0. The smallest absolute Gasteiger partial charge is 0.136 e. The van der Waals surface area contributed by atoms with Crippen molar-refractivity contribution in [2.24, 2.45) is 0 Å². The molecule has 0 aliphatic rings. The Morgan fingerprint density at radius 1 is 0.277 bits per heavy atom. The van der Waals surface area contributed by atoms with E-state index in [4.69, 9.17) is 4.42 Å². The minimum atomic E-state index is 0.915. The molecule has 0 N–H and O–H groups in total. The van der Waals surface area contributed by atoms with Gasteiger partial charge < -0.3 is 4.42 Å². The SMILES string of the molecule is c1ccc2cc(-c3cccc4cc(-c5c6ccccc6c(-c6ccc7c(c6)oc6ccccc67)c6ccccc56)ccc34)ccc2c1. The van der Waals surface area contributed by atoms with Gasteiger partial charge in [-0.1, -0.05) is 140 Å². The van der Waals surface area contributed by atoms with Gasteiger partial charge in [0.2, 0.25) is 0 Å². The zero-order valence-electron chi connectivity index (χ0n) is 25.6. The van der Waals surface area contributed by atoms with E-state index in [-0.39, 0.29) is 0 Å². The Balaban J connectivity index is 1.19. The van der Waals surface area contributed by atoms with Crippen molar-refractivity contribution in [1.82, 2.24) is 0 Å². The monoisotopic (exact) mass is 596 g/mol. The van der Waals surface area contributed by atoms with Crippen LogP contribution in [0.3, 0.4) is 0 Å². The van der Waals surface area contributed by atoms with Gasteiger partial charge in [-0.3, -0.25) is 0 Å². The predicted molar refractivity (Wildman–Crippen MR) is 200 cm³/mol. The summed E-state index contributed by atoms with van der Waals surface area (Å²) in [7, 11) is 0. The van der Waals surface area contributed by atoms with Gasteiger partial charge in [-0.05, 0) is 107 Å². The molecule has 1 aromatic heterocycles. The fourth-order valence-corrected chi connectivity index (χ4v) is 7.68. The van der Waals surface area contributed by atoms with E-state index in [1.165, 1.54) is 70.9 Å². The van der Waals surface area contributed by atoms with Crippen LogP contribution in [0, 0.1) is 0 Å². The van der Waals surface area contributed by atoms with Crippen molar-refractivity contribution in [3.8, 4) is 33.4 Å². The van der Waals surface area contributed by atoms with Gasteiger partial charge in [0.25, 0.3) is 0 Å². The van der Waals surface area contributed by atoms with Crippen LogP contribution in [0.5, 0.6) is 0 Å². The third-order valence-electron chi connectivity index (χ3n) is 9.83. The molecule has 0 aliphatic heterocycles. The largest absolute Gasteiger partial charge is 0.456 e. The third kappa shape index (κ3) is 4.03. The van der Waals surface area contributed by atoms with Crippen LogP contribution in [0.2, 0.25) is 0 Å². The van der Waals surface area contributed by atoms with Gasteiger partial charge in [0, 0.05) is 10.8 Å². The first-order valence-corrected chi connectivity index (χ1v) is 16.2. The molecule has 1 heterocycles. The maximum absolute atomic E-state index is 6.34. The zero-order valence-corrected chi connectivity index (χ0v) is 25.6. The molecule has 0 spiro atoms. The highest BCUT2D eigenvalue weighted by Crippen LogP contribution is 2.45. The third-order valence-corrected chi connectivity index (χ3v) is 9.83. The normalized spacial score (nSPS) is 11.8. The van der Waals surface area contributed by atoms with Crippen LogP contribution < -0.4 is 0 Å². The summed E-state index contributed by atoms with van der Waals surface area (Å²) in [5, 5.41) is 12.3. The van der Waals surface area contributed by atoms with E-state index in [9.17, 15) is 0 Å². The Kier molecular flexibility index (Phi) is 5.64. The molecule has 0 saturated carbocycles. The summed E-state index contributed by atoms with van der Waals surface area (Å²) in [6.07, 6.45) is 0. The molecule has 9 aromatic carbocycles. The molecular weight excluding hydrogens is 569 g/mol. The minimum absolute atomic E-state index is 0.915. The number of hydrogen-bond donors (Lipinski definition) is 0. The molecule has 47 heavy (non-hydrogen) atoms. The van der Waals surface area contributed by atoms with Gasteiger partial charge >= 0.3 is 0 Å². The van der Waals surface area contributed by atoms with Crippen LogP contribution in [-0.2, 0) is 0 Å². The van der Waals surface area contributed by atoms with Crippen molar-refractivity contribution in [2.75, 3.05) is 0 Å². The summed E-state index contributed by atoms with van der Waals surface area (Å²) in [4.78, 5) is 0. The number of rotatable bonds is 3. The average Bonchev–Trinajstić information content (AvgIpc) is 3.51. The van der Waals surface area contributed by atoms with Crippen LogP contribution in [0.4, 0.5) is 0 Å². The van der Waals surface area contributed by atoms with Crippen LogP contribution in [0.25, 0.3) is 98.4 Å². The lowest BCUT2D eigenvalue weighted by Gasteiger charge is -2.18. The lowest BCUT2D eigenvalue weighted by Crippen LogP contribution is -1.91. The molecule has 0 atom stereocenters. The van der Waals surface area contributed by atoms with Crippen molar-refractivity contribution in [1.29, 1.82) is 0 Å². The van der Waals surface area contributed by atoms with E-state index in [1.54, 1.807) is 0 Å². The number of fused-ring (bicyclic) bond motifs is 7. The number of furan rings is 1. The first-order valence-electron chi connectivity index (χ1n) is 16.2. The lowest BCUT2D eigenvalue weighted by molar-refractivity contribution is 0.669. The van der Waals surface area contributed by atoms with Crippen LogP contribution >= 0.6 is 0 Å². The van der Waals surface area contributed by atoms with Crippen LogP contribution in [0.15, 0.2) is 174 Å². The van der Waals surface area contributed by atoms with E-state index >= 15 is 0 Å². The number of hydrogen-bond acceptors (Lipinski definition) is 1. The fourth-order valence-electron chi connectivity index (χ4n) is 7.68. The Labute approximate surface area is 271 Å². The van der Waals surface area contributed by atoms with E-state index in [2.05, 4.69) is 158 Å². The predicted octanol–water partition coefficient (Wildman–Crippen LogP) is 13.2. The van der Waals surface area contributed by atoms with Crippen molar-refractivity contribution in [3.05, 3.63) is 170 Å². The summed E-state index contributed by atoms with van der Waals surface area (Å²) in [6.45, 7) is 0. The topological polar surface area (TPSA) is 13.1 Å². The van der Waals surface area contributed by atoms with Gasteiger partial charge in [-0.2, -0.15) is 0 Å². The standard InChI is InChI=1S/C46H28O/c1-2-11-30-26-32(21-20-29(30)10-1)35-18-9-12-31-27-33(22-24-36(31)35)45-39-14-3-5-16-41(39)46(42-17-6-4-15-40(42)45)34-23-25-38-37-13-7-8-19-43(37)47-44(38)28-34/h1-28H. The lowest BCUT2D eigenvalue weighted by atomic mass is 9.85. The maximum atomic E-state index is 6.34. The highest BCUT2D eigenvalue weighted by Gasteiger charge is 2.18. The molecule has 0 amide bonds. The second kappa shape index (κ2) is 10.2. The van der Waals surface area contributed by atoms with Crippen LogP contribution in [0.1, 0.15) is 0 Å². The highest BCUT2D eigenvalue weighted by molar-refractivity contribution is 6.22. The van der Waals surface area contributed by atoms with Gasteiger partial charge in [-0.25, -0.2) is 0 Å². The molecule has 0 radical (unpaired) electrons. The maximum Gasteiger partial charge on any atom is 0.136 e. The molecule has 218 valence electrons. The molecule has 1 nitrogen and oxygen atoms in total. The molecule has 10 aromatic rings. The molecule has 1 heteroatoms. The summed E-state index contributed by atoms with van der Waals surface area (Å²) < 4.78 is 6.34. The minimum Gasteiger partial charge on any atom is -0.456 e. The highest BCUT2D eigenvalue weighted by atomic mass is 16.3. The van der Waals surface area contributed by atoms with Crippen molar-refractivity contribution < 1.29 is 4.42 Å². The van der Waals surface area contributed by atoms with E-state index < -0.39 is 0 Å². The van der Waals surface area contributed by atoms with Gasteiger partial charge in [0.05, 0.1) is 0 Å². The van der Waals surface area contributed by atoms with Crippen molar-refractivity contribution >= 4 is 65.0 Å². The number of benzene rings is 9. The second-order valence-corrected chi connectivity index (χ2v) is 12.5. The van der Waals surface area contributed by atoms with Crippen LogP contribution in [-0.4, -0.2) is 0 Å². The Bertz CT molecular complexity index is 2800. The molecule has 0 bridgehead atoms. The first-order chi connectivity index (χ1) is 23.3. The van der Waals surface area contributed by atoms with Crippen molar-refractivity contribution in [2.45, 2.75) is 0 Å². The molecule has 10 rings (SSSR count). The fraction of sp³-hybridized carbons (Fsp3) is 0. The second-order valence-electron chi connectivity index (χ2n) is 12.5. The van der Waals surface area contributed by atoms with E-state index in [0.29, 0.717) is 0 Å². The molecule has 0 saturated heterocycles. The molecule has 0 aliphatic carbocycles. The number of para-hydroxylation sites is 1. The van der Waals surface area contributed by atoms with E-state index in [1.807, 2.05) is 12.1 Å². The van der Waals surface area contributed by atoms with E-state index in [0.717, 1.165) is 27.5 Å². The van der Waals surface area contributed by atoms with Gasteiger partial charge in [0.1, 0.15) is 11.2 Å². The van der Waals surface area contributed by atoms with Gasteiger partial charge in [-0.15, -0.1) is 0 Å². The molecular formula is C46H28O. The molecule has 0 unspecified atom stereocenters. The Hall–Kier alpha value is -6.18. The summed E-state index contributed by atoms with van der Waals surface area (Å²) in [5.74, 6) is 0. The average molecular weight is 597 g/mol. The summed E-state index contributed by atoms with van der Waals surface area (Å²) in [6, 6.07) is 61.7.